The van der Waals surface area contributed by atoms with E-state index in [1.54, 1.807) is 19.1 Å². The molecule has 0 radical (unpaired) electrons. The number of nitrogens with one attached hydrogen (secondary N) is 1. The molecule has 0 bridgehead atoms. The zero-order valence-corrected chi connectivity index (χ0v) is 19.6. The highest BCUT2D eigenvalue weighted by atomic mass is 31.1. The second-order valence-electron chi connectivity index (χ2n) is 7.88. The summed E-state index contributed by atoms with van der Waals surface area (Å²) in [5.41, 5.74) is 5.22. The molecule has 2 aromatic heterocycles. The standard InChI is InChI=1S/C19H29FN5O7P/c1-11(29-3)7-30-18(27)12(2)24-33(28)31-9-19(8-20)16(26)6-15(32-19)13-4-5-14-17(21)22-10-23-25(13)14/h4-5,10-12,15-16,26,33H,6-9H2,1-3H3,(H,24,28)(H2,21,22,23)/t11-,12+,15-,16+,19-/m1/s1. The van der Waals surface area contributed by atoms with Gasteiger partial charge in [0.15, 0.2) is 5.82 Å². The van der Waals surface area contributed by atoms with Gasteiger partial charge in [-0.3, -0.25) is 9.36 Å². The number of aliphatic hydroxyl groups is 1. The lowest BCUT2D eigenvalue weighted by Gasteiger charge is -2.29. The third-order valence-corrected chi connectivity index (χ3v) is 6.56. The van der Waals surface area contributed by atoms with Crippen molar-refractivity contribution in [1.82, 2.24) is 19.7 Å². The van der Waals surface area contributed by atoms with Gasteiger partial charge in [-0.25, -0.2) is 19.0 Å². The maximum atomic E-state index is 14.0. The van der Waals surface area contributed by atoms with Gasteiger partial charge in [-0.1, -0.05) is 0 Å². The number of aromatic nitrogens is 3. The van der Waals surface area contributed by atoms with Crippen molar-refractivity contribution < 1.29 is 37.6 Å². The first kappa shape index (κ1) is 25.5. The molecule has 6 atom stereocenters. The van der Waals surface area contributed by atoms with Crippen LogP contribution in [0.1, 0.15) is 32.1 Å². The second kappa shape index (κ2) is 10.9. The third-order valence-electron chi connectivity index (χ3n) is 5.49. The van der Waals surface area contributed by atoms with Crippen molar-refractivity contribution in [2.75, 3.05) is 32.7 Å². The molecule has 1 unspecified atom stereocenters. The van der Waals surface area contributed by atoms with Gasteiger partial charge in [0.1, 0.15) is 42.9 Å². The van der Waals surface area contributed by atoms with Crippen molar-refractivity contribution in [2.24, 2.45) is 0 Å². The number of hydrogen-bond donors (Lipinski definition) is 3. The Hall–Kier alpha value is -2.15. The van der Waals surface area contributed by atoms with Crippen LogP contribution in [0.2, 0.25) is 0 Å². The maximum absolute atomic E-state index is 14.0. The van der Waals surface area contributed by atoms with E-state index in [0.29, 0.717) is 11.2 Å². The van der Waals surface area contributed by atoms with Crippen LogP contribution in [0.3, 0.4) is 0 Å². The number of carbonyl (C=O) groups is 1. The molecule has 33 heavy (non-hydrogen) atoms. The molecule has 14 heteroatoms. The topological polar surface area (TPSA) is 160 Å². The first-order valence-electron chi connectivity index (χ1n) is 10.3. The molecule has 4 N–H and O–H groups in total. The van der Waals surface area contributed by atoms with E-state index in [1.807, 2.05) is 0 Å². The molecule has 1 aliphatic rings. The number of esters is 1. The summed E-state index contributed by atoms with van der Waals surface area (Å²) in [4.78, 5) is 15.9. The number of hydrogen-bond acceptors (Lipinski definition) is 10. The van der Waals surface area contributed by atoms with E-state index in [2.05, 4.69) is 15.2 Å². The predicted molar refractivity (Wildman–Crippen MR) is 116 cm³/mol. The van der Waals surface area contributed by atoms with Crippen LogP contribution in [-0.2, 0) is 28.1 Å². The zero-order chi connectivity index (χ0) is 24.2. The summed E-state index contributed by atoms with van der Waals surface area (Å²) >= 11 is 0. The molecule has 0 saturated carbocycles. The molecule has 184 valence electrons. The van der Waals surface area contributed by atoms with E-state index < -0.39 is 51.3 Å². The number of alkyl halides is 1. The number of nitrogens with two attached hydrogens (primary N) is 1. The van der Waals surface area contributed by atoms with E-state index in [4.69, 9.17) is 24.5 Å². The van der Waals surface area contributed by atoms with E-state index in [-0.39, 0.29) is 24.9 Å². The van der Waals surface area contributed by atoms with Crippen LogP contribution in [0.25, 0.3) is 5.52 Å². The fourth-order valence-corrected chi connectivity index (χ4v) is 4.30. The van der Waals surface area contributed by atoms with Gasteiger partial charge in [0.25, 0.3) is 8.18 Å². The first-order valence-corrected chi connectivity index (χ1v) is 11.6. The molecular formula is C19H29FN5O7P. The second-order valence-corrected chi connectivity index (χ2v) is 9.03. The van der Waals surface area contributed by atoms with Crippen LogP contribution < -0.4 is 10.8 Å². The third kappa shape index (κ3) is 5.68. The Bertz CT molecular complexity index is 995. The van der Waals surface area contributed by atoms with Crippen molar-refractivity contribution in [2.45, 2.75) is 50.2 Å². The Labute approximate surface area is 190 Å². The minimum Gasteiger partial charge on any atom is -0.462 e. The molecular weight excluding hydrogens is 460 g/mol. The summed E-state index contributed by atoms with van der Waals surface area (Å²) in [6, 6.07) is 2.47. The average Bonchev–Trinajstić information content (AvgIpc) is 3.38. The van der Waals surface area contributed by atoms with Gasteiger partial charge in [0.05, 0.1) is 24.5 Å². The molecule has 0 aromatic carbocycles. The molecule has 0 amide bonds. The number of anilines is 1. The lowest BCUT2D eigenvalue weighted by atomic mass is 9.98. The van der Waals surface area contributed by atoms with Crippen LogP contribution in [0.15, 0.2) is 18.5 Å². The maximum Gasteiger partial charge on any atom is 0.323 e. The largest absolute Gasteiger partial charge is 0.462 e. The van der Waals surface area contributed by atoms with E-state index in [0.717, 1.165) is 0 Å². The minimum absolute atomic E-state index is 0.0422. The van der Waals surface area contributed by atoms with Crippen LogP contribution >= 0.6 is 8.18 Å². The van der Waals surface area contributed by atoms with Crippen LogP contribution in [0.5, 0.6) is 0 Å². The average molecular weight is 489 g/mol. The number of ether oxygens (including phenoxy) is 3. The monoisotopic (exact) mass is 489 g/mol. The van der Waals surface area contributed by atoms with E-state index in [9.17, 15) is 18.9 Å². The molecule has 0 aliphatic carbocycles. The summed E-state index contributed by atoms with van der Waals surface area (Å²) in [5.74, 6) is -0.372. The molecule has 1 fully saturated rings. The fraction of sp³-hybridized carbons (Fsp3) is 0.632. The number of rotatable bonds is 11. The normalized spacial score (nSPS) is 25.7. The van der Waals surface area contributed by atoms with Gasteiger partial charge in [-0.05, 0) is 26.0 Å². The summed E-state index contributed by atoms with van der Waals surface area (Å²) in [5, 5.41) is 17.2. The molecule has 2 aromatic rings. The highest BCUT2D eigenvalue weighted by Crippen LogP contribution is 2.42. The Morgan fingerprint density at radius 3 is 2.97 bits per heavy atom. The van der Waals surface area contributed by atoms with Crippen molar-refractivity contribution in [1.29, 1.82) is 0 Å². The summed E-state index contributed by atoms with van der Waals surface area (Å²) in [6.07, 6.45) is -0.873. The molecule has 1 saturated heterocycles. The van der Waals surface area contributed by atoms with E-state index >= 15 is 0 Å². The Morgan fingerprint density at radius 2 is 2.27 bits per heavy atom. The minimum atomic E-state index is -2.98. The number of aliphatic hydroxyl groups excluding tert-OH is 1. The van der Waals surface area contributed by atoms with E-state index in [1.165, 1.54) is 24.9 Å². The quantitative estimate of drug-likeness (QED) is 0.303. The summed E-state index contributed by atoms with van der Waals surface area (Å²) in [6.45, 7) is 1.66. The number of halogens is 1. The highest BCUT2D eigenvalue weighted by Gasteiger charge is 2.50. The molecule has 12 nitrogen and oxygen atoms in total. The summed E-state index contributed by atoms with van der Waals surface area (Å²) < 4.78 is 49.0. The molecule has 0 spiro atoms. The van der Waals surface area contributed by atoms with Gasteiger partial charge in [-0.2, -0.15) is 5.10 Å². The number of nitrogens with zero attached hydrogens (tertiary/aromatic N) is 3. The zero-order valence-electron chi connectivity index (χ0n) is 18.6. The van der Waals surface area contributed by atoms with Crippen LogP contribution in [0, 0.1) is 0 Å². The highest BCUT2D eigenvalue weighted by molar-refractivity contribution is 7.36. The van der Waals surface area contributed by atoms with Crippen molar-refractivity contribution in [3.63, 3.8) is 0 Å². The lowest BCUT2D eigenvalue weighted by molar-refractivity contribution is -0.148. The van der Waals surface area contributed by atoms with Crippen molar-refractivity contribution in [3.05, 3.63) is 24.2 Å². The van der Waals surface area contributed by atoms with Crippen LogP contribution in [0.4, 0.5) is 10.2 Å². The molecule has 1 aliphatic heterocycles. The Balaban J connectivity index is 1.59. The molecule has 3 rings (SSSR count). The van der Waals surface area contributed by atoms with Gasteiger partial charge < -0.3 is 29.6 Å². The van der Waals surface area contributed by atoms with Crippen molar-refractivity contribution >= 4 is 25.5 Å². The number of fused-ring (bicyclic) bond motifs is 1. The summed E-state index contributed by atoms with van der Waals surface area (Å²) in [7, 11) is -1.49. The van der Waals surface area contributed by atoms with Gasteiger partial charge >= 0.3 is 5.97 Å². The Kier molecular flexibility index (Phi) is 8.38. The van der Waals surface area contributed by atoms with Crippen LogP contribution in [-0.4, -0.2) is 76.5 Å². The van der Waals surface area contributed by atoms with Gasteiger partial charge in [-0.15, -0.1) is 0 Å². The fourth-order valence-electron chi connectivity index (χ4n) is 3.37. The smallest absolute Gasteiger partial charge is 0.323 e. The first-order chi connectivity index (χ1) is 15.7. The van der Waals surface area contributed by atoms with Crippen molar-refractivity contribution in [3.8, 4) is 0 Å². The van der Waals surface area contributed by atoms with Gasteiger partial charge in [0, 0.05) is 13.5 Å². The SMILES string of the molecule is CO[C@H](C)COC(=O)[C@H](C)N[PH](=O)OC[C@@]1(CF)O[C@@H](c2ccc3c(N)ncnn23)C[C@@H]1O. The molecule has 3 heterocycles. The number of methoxy groups -OCH3 is 1. The predicted octanol–water partition coefficient (Wildman–Crippen LogP) is 0.805. The Morgan fingerprint density at radius 1 is 1.52 bits per heavy atom. The number of nitrogen functional groups attached to an aromatic ring is 1. The lowest BCUT2D eigenvalue weighted by Crippen LogP contribution is -2.46. The van der Waals surface area contributed by atoms with Gasteiger partial charge in [0.2, 0.25) is 0 Å². The number of carbonyl (C=O) groups excluding carboxylic acids is 1.